The molecule has 3 rings (SSSR count). The van der Waals surface area contributed by atoms with Crippen LogP contribution in [0.25, 0.3) is 10.2 Å². The minimum atomic E-state index is -0.339. The Morgan fingerprint density at radius 2 is 1.85 bits per heavy atom. The lowest BCUT2D eigenvalue weighted by molar-refractivity contribution is -0.143. The molecule has 0 aliphatic rings. The van der Waals surface area contributed by atoms with Gasteiger partial charge in [-0.05, 0) is 43.3 Å². The van der Waals surface area contributed by atoms with Crippen molar-refractivity contribution in [2.24, 2.45) is 4.99 Å². The van der Waals surface area contributed by atoms with Gasteiger partial charge in [-0.25, -0.2) is 0 Å². The van der Waals surface area contributed by atoms with Gasteiger partial charge in [0.05, 0.1) is 30.4 Å². The van der Waals surface area contributed by atoms with Crippen molar-refractivity contribution in [2.75, 3.05) is 13.7 Å². The van der Waals surface area contributed by atoms with E-state index in [2.05, 4.69) is 4.99 Å². The third-order valence-corrected chi connectivity index (χ3v) is 5.03. The third-order valence-electron chi connectivity index (χ3n) is 3.97. The predicted octanol–water partition coefficient (Wildman–Crippen LogP) is 3.41. The Balaban J connectivity index is 1.96. The summed E-state index contributed by atoms with van der Waals surface area (Å²) in [6.07, 6.45) is 0.221. The van der Waals surface area contributed by atoms with Crippen LogP contribution in [-0.4, -0.2) is 30.2 Å². The molecule has 0 fully saturated rings. The van der Waals surface area contributed by atoms with Gasteiger partial charge in [-0.15, -0.1) is 0 Å². The van der Waals surface area contributed by atoms with E-state index in [-0.39, 0.29) is 18.3 Å². The van der Waals surface area contributed by atoms with Crippen LogP contribution in [0.2, 0.25) is 0 Å². The van der Waals surface area contributed by atoms with E-state index in [0.717, 1.165) is 10.2 Å². The summed E-state index contributed by atoms with van der Waals surface area (Å²) in [6.45, 7) is 2.53. The maximum Gasteiger partial charge on any atom is 0.307 e. The van der Waals surface area contributed by atoms with E-state index in [1.54, 1.807) is 38.3 Å². The van der Waals surface area contributed by atoms with Gasteiger partial charge in [0.25, 0.3) is 5.91 Å². The lowest BCUT2D eigenvalue weighted by atomic mass is 10.2. The number of carbonyl (C=O) groups is 2. The zero-order valence-corrected chi connectivity index (χ0v) is 16.0. The molecule has 6 nitrogen and oxygen atoms in total. The average Bonchev–Trinajstić information content (AvgIpc) is 3.03. The number of para-hydroxylation sites is 1. The van der Waals surface area contributed by atoms with Gasteiger partial charge in [-0.2, -0.15) is 4.99 Å². The molecule has 140 valence electrons. The monoisotopic (exact) mass is 384 g/mol. The van der Waals surface area contributed by atoms with Gasteiger partial charge in [0.2, 0.25) is 0 Å². The van der Waals surface area contributed by atoms with Crippen molar-refractivity contribution in [3.63, 3.8) is 0 Å². The Morgan fingerprint density at radius 1 is 1.11 bits per heavy atom. The quantitative estimate of drug-likeness (QED) is 0.611. The number of aryl methyl sites for hydroxylation is 1. The minimum absolute atomic E-state index is 0.221. The Kier molecular flexibility index (Phi) is 6.03. The second-order valence-electron chi connectivity index (χ2n) is 5.70. The zero-order chi connectivity index (χ0) is 19.2. The number of rotatable bonds is 6. The molecule has 1 heterocycles. The molecule has 0 saturated carbocycles. The molecule has 0 N–H and O–H groups in total. The van der Waals surface area contributed by atoms with Crippen molar-refractivity contribution >= 4 is 33.4 Å². The van der Waals surface area contributed by atoms with Crippen molar-refractivity contribution in [3.8, 4) is 5.75 Å². The van der Waals surface area contributed by atoms with Gasteiger partial charge < -0.3 is 14.0 Å². The molecule has 2 aromatic carbocycles. The van der Waals surface area contributed by atoms with E-state index in [4.69, 9.17) is 9.47 Å². The normalized spacial score (nSPS) is 11.6. The van der Waals surface area contributed by atoms with Crippen molar-refractivity contribution < 1.29 is 19.1 Å². The van der Waals surface area contributed by atoms with Crippen LogP contribution in [0.15, 0.2) is 53.5 Å². The Labute approximate surface area is 160 Å². The number of esters is 1. The highest BCUT2D eigenvalue weighted by Gasteiger charge is 2.11. The van der Waals surface area contributed by atoms with Gasteiger partial charge in [-0.1, -0.05) is 23.5 Å². The van der Waals surface area contributed by atoms with Crippen LogP contribution in [0, 0.1) is 0 Å². The highest BCUT2D eigenvalue weighted by Crippen LogP contribution is 2.18. The molecular weight excluding hydrogens is 364 g/mol. The van der Waals surface area contributed by atoms with Crippen LogP contribution in [0.4, 0.5) is 0 Å². The average molecular weight is 384 g/mol. The number of methoxy groups -OCH3 is 1. The number of aromatic nitrogens is 1. The molecule has 1 amide bonds. The summed E-state index contributed by atoms with van der Waals surface area (Å²) in [4.78, 5) is 29.2. The van der Waals surface area contributed by atoms with Crippen LogP contribution in [0.3, 0.4) is 0 Å². The van der Waals surface area contributed by atoms with Crippen molar-refractivity contribution in [1.29, 1.82) is 0 Å². The van der Waals surface area contributed by atoms with Gasteiger partial charge in [0, 0.05) is 12.1 Å². The number of ether oxygens (including phenoxy) is 2. The summed E-state index contributed by atoms with van der Waals surface area (Å²) in [6, 6.07) is 14.6. The van der Waals surface area contributed by atoms with E-state index < -0.39 is 0 Å². The second-order valence-corrected chi connectivity index (χ2v) is 6.71. The molecule has 0 radical (unpaired) electrons. The fourth-order valence-electron chi connectivity index (χ4n) is 2.64. The predicted molar refractivity (Wildman–Crippen MR) is 104 cm³/mol. The maximum atomic E-state index is 12.6. The van der Waals surface area contributed by atoms with Crippen molar-refractivity contribution in [2.45, 2.75) is 19.9 Å². The molecule has 7 heteroatoms. The standard InChI is InChI=1S/C20H20N2O4S/c1-3-26-18(23)12-13-22-16-6-4-5-7-17(16)27-20(22)21-19(24)14-8-10-15(25-2)11-9-14/h4-11H,3,12-13H2,1-2H3. The van der Waals surface area contributed by atoms with E-state index in [9.17, 15) is 9.59 Å². The van der Waals surface area contributed by atoms with E-state index in [0.29, 0.717) is 29.3 Å². The van der Waals surface area contributed by atoms with Crippen LogP contribution in [-0.2, 0) is 16.1 Å². The number of fused-ring (bicyclic) bond motifs is 1. The van der Waals surface area contributed by atoms with Gasteiger partial charge in [0.1, 0.15) is 5.75 Å². The first-order valence-electron chi connectivity index (χ1n) is 8.59. The Hall–Kier alpha value is -2.93. The fourth-order valence-corrected chi connectivity index (χ4v) is 3.70. The molecule has 0 aliphatic carbocycles. The van der Waals surface area contributed by atoms with Crippen LogP contribution in [0.5, 0.6) is 5.75 Å². The molecule has 0 unspecified atom stereocenters. The first-order chi connectivity index (χ1) is 13.1. The Morgan fingerprint density at radius 3 is 2.56 bits per heavy atom. The molecular formula is C20H20N2O4S. The minimum Gasteiger partial charge on any atom is -0.497 e. The topological polar surface area (TPSA) is 69.9 Å². The number of carbonyl (C=O) groups excluding carboxylic acids is 2. The van der Waals surface area contributed by atoms with Gasteiger partial charge in [0.15, 0.2) is 4.80 Å². The molecule has 0 saturated heterocycles. The number of benzene rings is 2. The van der Waals surface area contributed by atoms with E-state index >= 15 is 0 Å². The zero-order valence-electron chi connectivity index (χ0n) is 15.2. The second kappa shape index (κ2) is 8.64. The van der Waals surface area contributed by atoms with Crippen molar-refractivity contribution in [1.82, 2.24) is 4.57 Å². The number of amides is 1. The van der Waals surface area contributed by atoms with Gasteiger partial charge in [-0.3, -0.25) is 9.59 Å². The fraction of sp³-hybridized carbons (Fsp3) is 0.250. The first-order valence-corrected chi connectivity index (χ1v) is 9.41. The molecule has 27 heavy (non-hydrogen) atoms. The molecule has 0 atom stereocenters. The SMILES string of the molecule is CCOC(=O)CCn1c(=NC(=O)c2ccc(OC)cc2)sc2ccccc21. The first kappa shape index (κ1) is 18.8. The van der Waals surface area contributed by atoms with Crippen molar-refractivity contribution in [3.05, 3.63) is 58.9 Å². The van der Waals surface area contributed by atoms with Crippen LogP contribution in [0.1, 0.15) is 23.7 Å². The summed E-state index contributed by atoms with van der Waals surface area (Å²) in [5.41, 5.74) is 1.42. The van der Waals surface area contributed by atoms with E-state index in [1.807, 2.05) is 28.8 Å². The number of thiazole rings is 1. The van der Waals surface area contributed by atoms with Crippen LogP contribution < -0.4 is 9.54 Å². The third kappa shape index (κ3) is 4.43. The number of hydrogen-bond donors (Lipinski definition) is 0. The number of hydrogen-bond acceptors (Lipinski definition) is 5. The largest absolute Gasteiger partial charge is 0.497 e. The molecule has 0 spiro atoms. The van der Waals surface area contributed by atoms with Crippen LogP contribution >= 0.6 is 11.3 Å². The van der Waals surface area contributed by atoms with E-state index in [1.165, 1.54) is 11.3 Å². The lowest BCUT2D eigenvalue weighted by Crippen LogP contribution is -2.19. The summed E-state index contributed by atoms with van der Waals surface area (Å²) in [5, 5.41) is 0. The smallest absolute Gasteiger partial charge is 0.307 e. The highest BCUT2D eigenvalue weighted by atomic mass is 32.1. The summed E-state index contributed by atoms with van der Waals surface area (Å²) >= 11 is 1.42. The molecule has 0 bridgehead atoms. The summed E-state index contributed by atoms with van der Waals surface area (Å²) in [7, 11) is 1.57. The summed E-state index contributed by atoms with van der Waals surface area (Å²) < 4.78 is 13.0. The summed E-state index contributed by atoms with van der Waals surface area (Å²) in [5.74, 6) is 0.0692. The maximum absolute atomic E-state index is 12.6. The number of nitrogens with zero attached hydrogens (tertiary/aromatic N) is 2. The molecule has 3 aromatic rings. The molecule has 1 aromatic heterocycles. The molecule has 0 aliphatic heterocycles. The highest BCUT2D eigenvalue weighted by molar-refractivity contribution is 7.16. The lowest BCUT2D eigenvalue weighted by Gasteiger charge is -2.05. The van der Waals surface area contributed by atoms with Gasteiger partial charge >= 0.3 is 5.97 Å². The Bertz CT molecular complexity index is 1020.